The van der Waals surface area contributed by atoms with Gasteiger partial charge in [0.1, 0.15) is 6.04 Å². The lowest BCUT2D eigenvalue weighted by Crippen LogP contribution is -2.42. The van der Waals surface area contributed by atoms with Crippen LogP contribution in [0.15, 0.2) is 79.0 Å². The molecule has 1 atom stereocenters. The van der Waals surface area contributed by atoms with E-state index in [2.05, 4.69) is 69.4 Å². The second-order valence-corrected chi connectivity index (χ2v) is 13.9. The molecular formula is C37H42N2O3S. The van der Waals surface area contributed by atoms with Gasteiger partial charge in [0.15, 0.2) is 0 Å². The molecule has 224 valence electrons. The quantitative estimate of drug-likeness (QED) is 0.203. The second-order valence-electron chi connectivity index (χ2n) is 12.9. The molecule has 1 saturated carbocycles. The highest BCUT2D eigenvalue weighted by Gasteiger charge is 2.24. The van der Waals surface area contributed by atoms with Gasteiger partial charge in [-0.1, -0.05) is 88.7 Å². The van der Waals surface area contributed by atoms with E-state index in [1.54, 1.807) is 6.07 Å². The monoisotopic (exact) mass is 594 g/mol. The van der Waals surface area contributed by atoms with Gasteiger partial charge in [-0.25, -0.2) is 4.79 Å². The van der Waals surface area contributed by atoms with Crippen molar-refractivity contribution in [1.82, 2.24) is 10.3 Å². The van der Waals surface area contributed by atoms with Crippen molar-refractivity contribution in [2.45, 2.75) is 83.6 Å². The lowest BCUT2D eigenvalue weighted by Gasteiger charge is -2.28. The molecule has 2 aromatic heterocycles. The van der Waals surface area contributed by atoms with Gasteiger partial charge in [0.05, 0.1) is 10.6 Å². The predicted molar refractivity (Wildman–Crippen MR) is 176 cm³/mol. The van der Waals surface area contributed by atoms with Crippen LogP contribution in [0.1, 0.15) is 91.4 Å². The number of nitrogens with one attached hydrogen (secondary N) is 1. The molecule has 0 aliphatic heterocycles. The summed E-state index contributed by atoms with van der Waals surface area (Å²) < 4.78 is 0. The van der Waals surface area contributed by atoms with E-state index in [1.165, 1.54) is 49.0 Å². The Morgan fingerprint density at radius 1 is 0.884 bits per heavy atom. The van der Waals surface area contributed by atoms with Crippen LogP contribution in [-0.2, 0) is 16.6 Å². The summed E-state index contributed by atoms with van der Waals surface area (Å²) in [5.74, 6) is 0.175. The number of amides is 1. The SMILES string of the molecule is CCC1CCC(c2ccc(-c3ccc(-c4ccc(C[C@H](NC(=O)c5ccc(C(C)(C)C)s5)C(=O)O)cc4)cn3)cc2)CC1. The third-order valence-electron chi connectivity index (χ3n) is 8.76. The lowest BCUT2D eigenvalue weighted by atomic mass is 9.78. The summed E-state index contributed by atoms with van der Waals surface area (Å²) in [7, 11) is 0. The van der Waals surface area contributed by atoms with Gasteiger partial charge in [-0.2, -0.15) is 0 Å². The van der Waals surface area contributed by atoms with E-state index in [1.807, 2.05) is 36.5 Å². The molecule has 1 aliphatic carbocycles. The second kappa shape index (κ2) is 13.3. The molecule has 2 heterocycles. The van der Waals surface area contributed by atoms with Gasteiger partial charge in [0, 0.05) is 28.6 Å². The van der Waals surface area contributed by atoms with Gasteiger partial charge in [-0.3, -0.25) is 9.78 Å². The first-order valence-corrected chi connectivity index (χ1v) is 16.2. The minimum Gasteiger partial charge on any atom is -0.480 e. The Balaban J connectivity index is 1.19. The number of rotatable bonds is 9. The number of carboxylic acid groups (broad SMARTS) is 1. The molecule has 0 bridgehead atoms. The number of aromatic nitrogens is 1. The van der Waals surface area contributed by atoms with Crippen molar-refractivity contribution < 1.29 is 14.7 Å². The molecule has 5 rings (SSSR count). The van der Waals surface area contributed by atoms with Crippen molar-refractivity contribution in [3.63, 3.8) is 0 Å². The average Bonchev–Trinajstić information content (AvgIpc) is 3.53. The molecule has 43 heavy (non-hydrogen) atoms. The normalized spacial score (nSPS) is 17.8. The summed E-state index contributed by atoms with van der Waals surface area (Å²) in [5, 5.41) is 12.5. The summed E-state index contributed by atoms with van der Waals surface area (Å²) in [4.78, 5) is 31.1. The Hall–Kier alpha value is -3.77. The summed E-state index contributed by atoms with van der Waals surface area (Å²) in [6.45, 7) is 8.57. The van der Waals surface area contributed by atoms with Gasteiger partial charge < -0.3 is 10.4 Å². The van der Waals surface area contributed by atoms with Crippen molar-refractivity contribution in [3.8, 4) is 22.4 Å². The highest BCUT2D eigenvalue weighted by atomic mass is 32.1. The first-order chi connectivity index (χ1) is 20.6. The van der Waals surface area contributed by atoms with Gasteiger partial charge >= 0.3 is 5.97 Å². The number of hydrogen-bond acceptors (Lipinski definition) is 4. The van der Waals surface area contributed by atoms with Crippen molar-refractivity contribution in [3.05, 3.63) is 99.9 Å². The Morgan fingerprint density at radius 3 is 2.09 bits per heavy atom. The van der Waals surface area contributed by atoms with Crippen LogP contribution in [0.3, 0.4) is 0 Å². The number of carboxylic acids is 1. The van der Waals surface area contributed by atoms with Crippen molar-refractivity contribution in [2.24, 2.45) is 5.92 Å². The summed E-state index contributed by atoms with van der Waals surface area (Å²) in [6, 6.07) is 23.5. The lowest BCUT2D eigenvalue weighted by molar-refractivity contribution is -0.139. The molecule has 0 unspecified atom stereocenters. The highest BCUT2D eigenvalue weighted by Crippen LogP contribution is 2.37. The molecule has 4 aromatic rings. The van der Waals surface area contributed by atoms with E-state index in [9.17, 15) is 14.7 Å². The maximum Gasteiger partial charge on any atom is 0.326 e. The standard InChI is InChI=1S/C37H42N2O3S/c1-5-24-6-10-26(11-7-24)27-14-16-29(17-15-27)31-19-18-30(23-38-31)28-12-8-25(9-13-28)22-32(36(41)42)39-35(40)33-20-21-34(43-33)37(2,3)4/h8-9,12-21,23-24,26,32H,5-7,10-11,22H2,1-4H3,(H,39,40)(H,41,42)/t24?,26?,32-/m0/s1. The summed E-state index contributed by atoms with van der Waals surface area (Å²) >= 11 is 1.40. The molecule has 1 fully saturated rings. The third kappa shape index (κ3) is 7.61. The number of hydrogen-bond donors (Lipinski definition) is 2. The highest BCUT2D eigenvalue weighted by molar-refractivity contribution is 7.14. The minimum atomic E-state index is -1.05. The number of carbonyl (C=O) groups is 2. The molecule has 6 heteroatoms. The van der Waals surface area contributed by atoms with Gasteiger partial charge in [-0.05, 0) is 77.8 Å². The number of benzene rings is 2. The largest absolute Gasteiger partial charge is 0.480 e. The van der Waals surface area contributed by atoms with Gasteiger partial charge in [-0.15, -0.1) is 11.3 Å². The third-order valence-corrected chi connectivity index (χ3v) is 10.3. The fourth-order valence-corrected chi connectivity index (χ4v) is 6.89. The maximum atomic E-state index is 12.8. The molecule has 2 N–H and O–H groups in total. The number of aliphatic carboxylic acids is 1. The van der Waals surface area contributed by atoms with Crippen LogP contribution in [0.25, 0.3) is 22.4 Å². The summed E-state index contributed by atoms with van der Waals surface area (Å²) in [6.07, 6.45) is 8.67. The van der Waals surface area contributed by atoms with E-state index in [-0.39, 0.29) is 17.7 Å². The van der Waals surface area contributed by atoms with Crippen LogP contribution in [0.5, 0.6) is 0 Å². The topological polar surface area (TPSA) is 79.3 Å². The van der Waals surface area contributed by atoms with Crippen LogP contribution in [0.4, 0.5) is 0 Å². The molecule has 0 radical (unpaired) electrons. The van der Waals surface area contributed by atoms with Crippen LogP contribution in [-0.4, -0.2) is 28.0 Å². The van der Waals surface area contributed by atoms with E-state index in [0.717, 1.165) is 38.7 Å². The zero-order chi connectivity index (χ0) is 30.6. The van der Waals surface area contributed by atoms with Crippen LogP contribution in [0, 0.1) is 5.92 Å². The van der Waals surface area contributed by atoms with E-state index in [4.69, 9.17) is 4.98 Å². The number of thiophene rings is 1. The van der Waals surface area contributed by atoms with Crippen molar-refractivity contribution >= 4 is 23.2 Å². The fourth-order valence-electron chi connectivity index (χ4n) is 5.93. The van der Waals surface area contributed by atoms with Crippen molar-refractivity contribution in [1.29, 1.82) is 0 Å². The fraction of sp³-hybridized carbons (Fsp3) is 0.378. The average molecular weight is 595 g/mol. The van der Waals surface area contributed by atoms with E-state index < -0.39 is 12.0 Å². The Kier molecular flexibility index (Phi) is 9.46. The first kappa shape index (κ1) is 30.7. The molecule has 2 aromatic carbocycles. The molecule has 0 saturated heterocycles. The van der Waals surface area contributed by atoms with Crippen LogP contribution >= 0.6 is 11.3 Å². The summed E-state index contributed by atoms with van der Waals surface area (Å²) in [5.41, 5.74) is 6.28. The molecular weight excluding hydrogens is 552 g/mol. The van der Waals surface area contributed by atoms with Crippen LogP contribution in [0.2, 0.25) is 0 Å². The maximum absolute atomic E-state index is 12.8. The van der Waals surface area contributed by atoms with Crippen molar-refractivity contribution in [2.75, 3.05) is 0 Å². The van der Waals surface area contributed by atoms with Crippen LogP contribution < -0.4 is 5.32 Å². The first-order valence-electron chi connectivity index (χ1n) is 15.4. The number of pyridine rings is 1. The zero-order valence-corrected chi connectivity index (χ0v) is 26.4. The number of carbonyl (C=O) groups excluding carboxylic acids is 1. The molecule has 0 spiro atoms. The Labute approximate surface area is 259 Å². The Morgan fingerprint density at radius 2 is 1.53 bits per heavy atom. The molecule has 1 aliphatic rings. The zero-order valence-electron chi connectivity index (χ0n) is 25.6. The minimum absolute atomic E-state index is 0.0640. The molecule has 1 amide bonds. The van der Waals surface area contributed by atoms with Gasteiger partial charge in [0.25, 0.3) is 5.91 Å². The Bertz CT molecular complexity index is 1520. The van der Waals surface area contributed by atoms with E-state index in [0.29, 0.717) is 10.8 Å². The smallest absolute Gasteiger partial charge is 0.326 e. The van der Waals surface area contributed by atoms with Gasteiger partial charge in [0.2, 0.25) is 0 Å². The predicted octanol–water partition coefficient (Wildman–Crippen LogP) is 8.88. The molecule has 5 nitrogen and oxygen atoms in total. The number of nitrogens with zero attached hydrogens (tertiary/aromatic N) is 1. The van der Waals surface area contributed by atoms with E-state index >= 15 is 0 Å².